The molecule has 162 valence electrons. The maximum Gasteiger partial charge on any atom is 0.322 e. The van der Waals surface area contributed by atoms with Crippen molar-refractivity contribution >= 4 is 34.7 Å². The monoisotopic (exact) mass is 434 g/mol. The molecule has 1 unspecified atom stereocenters. The molecule has 5 amide bonds. The van der Waals surface area contributed by atoms with Crippen LogP contribution in [0, 0.1) is 0 Å². The molecule has 0 saturated carbocycles. The minimum atomic E-state index is -1.63. The first-order chi connectivity index (χ1) is 15.3. The number of fused-ring (bicyclic) bond motifs is 2. The average Bonchev–Trinajstić information content (AvgIpc) is 3.41. The summed E-state index contributed by atoms with van der Waals surface area (Å²) in [5.74, 6) is -0.855. The van der Waals surface area contributed by atoms with Crippen LogP contribution in [0.4, 0.5) is 4.79 Å². The number of carbonyl (C=O) groups excluding carboxylic acids is 4. The third kappa shape index (κ3) is 2.88. The Balaban J connectivity index is 1.55. The lowest BCUT2D eigenvalue weighted by Gasteiger charge is -2.29. The van der Waals surface area contributed by atoms with Crippen molar-refractivity contribution in [1.29, 1.82) is 0 Å². The Morgan fingerprint density at radius 1 is 1.19 bits per heavy atom. The fourth-order valence-electron chi connectivity index (χ4n) is 4.14. The first-order valence-electron chi connectivity index (χ1n) is 9.74. The Labute approximate surface area is 181 Å². The number of amides is 5. The lowest BCUT2D eigenvalue weighted by Crippen LogP contribution is -2.52. The van der Waals surface area contributed by atoms with Crippen LogP contribution < -0.4 is 21.1 Å². The second kappa shape index (κ2) is 6.84. The van der Waals surface area contributed by atoms with Crippen LogP contribution in [0.5, 0.6) is 5.75 Å². The van der Waals surface area contributed by atoms with Crippen molar-refractivity contribution in [2.24, 2.45) is 5.73 Å². The summed E-state index contributed by atoms with van der Waals surface area (Å²) in [6.45, 7) is 0.109. The van der Waals surface area contributed by atoms with Gasteiger partial charge in [-0.2, -0.15) is 0 Å². The van der Waals surface area contributed by atoms with Crippen molar-refractivity contribution in [3.8, 4) is 5.75 Å². The number of methoxy groups -OCH3 is 1. The van der Waals surface area contributed by atoms with Gasteiger partial charge in [-0.3, -0.25) is 19.7 Å². The van der Waals surface area contributed by atoms with Gasteiger partial charge in [0.05, 0.1) is 13.7 Å². The molecule has 0 spiro atoms. The van der Waals surface area contributed by atoms with E-state index in [0.717, 1.165) is 5.56 Å². The Morgan fingerprint density at radius 2 is 2.00 bits per heavy atom. The SMILES string of the molecule is COc1ccc2c(c1)C(=O)N(CC1(c3cc4cc(C(N)=O)ccc4o3)NC(=O)NC1=O)C2. The number of furan rings is 1. The first kappa shape index (κ1) is 19.6. The van der Waals surface area contributed by atoms with E-state index in [1.54, 1.807) is 30.3 Å². The Morgan fingerprint density at radius 3 is 2.69 bits per heavy atom. The molecular weight excluding hydrogens is 416 g/mol. The molecule has 2 aliphatic heterocycles. The zero-order valence-electron chi connectivity index (χ0n) is 16.9. The number of hydrogen-bond acceptors (Lipinski definition) is 6. The van der Waals surface area contributed by atoms with Crippen LogP contribution in [0.3, 0.4) is 0 Å². The van der Waals surface area contributed by atoms with E-state index < -0.39 is 23.4 Å². The summed E-state index contributed by atoms with van der Waals surface area (Å²) in [5.41, 5.74) is 5.64. The van der Waals surface area contributed by atoms with Crippen molar-refractivity contribution in [3.63, 3.8) is 0 Å². The van der Waals surface area contributed by atoms with E-state index in [1.807, 2.05) is 0 Å². The zero-order valence-corrected chi connectivity index (χ0v) is 16.9. The van der Waals surface area contributed by atoms with Crippen LogP contribution in [-0.4, -0.2) is 42.3 Å². The average molecular weight is 434 g/mol. The summed E-state index contributed by atoms with van der Waals surface area (Å²) in [6.07, 6.45) is 0. The van der Waals surface area contributed by atoms with E-state index in [4.69, 9.17) is 14.9 Å². The number of benzene rings is 2. The summed E-state index contributed by atoms with van der Waals surface area (Å²) in [6, 6.07) is 10.7. The third-order valence-electron chi connectivity index (χ3n) is 5.79. The molecule has 2 aromatic carbocycles. The second-order valence-electron chi connectivity index (χ2n) is 7.73. The maximum atomic E-state index is 13.1. The molecule has 4 N–H and O–H groups in total. The van der Waals surface area contributed by atoms with Gasteiger partial charge in [-0.05, 0) is 42.0 Å². The molecule has 10 heteroatoms. The quantitative estimate of drug-likeness (QED) is 0.515. The Hall–Kier alpha value is -4.34. The summed E-state index contributed by atoms with van der Waals surface area (Å²) >= 11 is 0. The number of nitrogens with two attached hydrogens (primary N) is 1. The highest BCUT2D eigenvalue weighted by molar-refractivity contribution is 6.08. The van der Waals surface area contributed by atoms with Gasteiger partial charge in [-0.25, -0.2) is 4.79 Å². The fraction of sp³-hybridized carbons (Fsp3) is 0.182. The number of carbonyl (C=O) groups is 4. The van der Waals surface area contributed by atoms with Gasteiger partial charge in [0.15, 0.2) is 5.54 Å². The lowest BCUT2D eigenvalue weighted by molar-refractivity contribution is -0.125. The summed E-state index contributed by atoms with van der Waals surface area (Å²) in [5, 5.41) is 5.39. The van der Waals surface area contributed by atoms with Crippen LogP contribution in [0.2, 0.25) is 0 Å². The number of nitrogens with zero attached hydrogens (tertiary/aromatic N) is 1. The number of nitrogens with one attached hydrogen (secondary N) is 2. The summed E-state index contributed by atoms with van der Waals surface area (Å²) < 4.78 is 11.1. The van der Waals surface area contributed by atoms with Crippen LogP contribution in [-0.2, 0) is 16.9 Å². The minimum absolute atomic E-state index is 0.138. The van der Waals surface area contributed by atoms with Gasteiger partial charge in [-0.15, -0.1) is 0 Å². The molecule has 1 atom stereocenters. The van der Waals surface area contributed by atoms with E-state index in [-0.39, 0.29) is 30.3 Å². The molecule has 1 saturated heterocycles. The van der Waals surface area contributed by atoms with Crippen LogP contribution in [0.25, 0.3) is 11.0 Å². The maximum absolute atomic E-state index is 13.1. The minimum Gasteiger partial charge on any atom is -0.497 e. The molecule has 0 aliphatic carbocycles. The van der Waals surface area contributed by atoms with Gasteiger partial charge in [0.25, 0.3) is 11.8 Å². The van der Waals surface area contributed by atoms with E-state index in [0.29, 0.717) is 22.3 Å². The van der Waals surface area contributed by atoms with E-state index >= 15 is 0 Å². The standard InChI is InChI=1S/C22H18N4O6/c1-31-14-4-2-12-9-26(19(28)15(12)8-14)10-22(20(29)24-21(30)25-22)17-7-13-6-11(18(23)27)3-5-16(13)32-17/h2-8H,9-10H2,1H3,(H2,23,27)(H2,24,25,29,30). The first-order valence-corrected chi connectivity index (χ1v) is 9.74. The Kier molecular flexibility index (Phi) is 4.19. The topological polar surface area (TPSA) is 144 Å². The van der Waals surface area contributed by atoms with Gasteiger partial charge in [-0.1, -0.05) is 6.07 Å². The molecule has 0 radical (unpaired) electrons. The van der Waals surface area contributed by atoms with Gasteiger partial charge in [0.2, 0.25) is 5.91 Å². The number of urea groups is 1. The Bertz CT molecular complexity index is 1330. The van der Waals surface area contributed by atoms with E-state index in [9.17, 15) is 19.2 Å². The largest absolute Gasteiger partial charge is 0.497 e. The number of hydrogen-bond donors (Lipinski definition) is 3. The van der Waals surface area contributed by atoms with Crippen molar-refractivity contribution in [3.05, 3.63) is 64.9 Å². The number of imide groups is 1. The molecule has 1 fully saturated rings. The smallest absolute Gasteiger partial charge is 0.322 e. The number of primary amides is 1. The van der Waals surface area contributed by atoms with Crippen molar-refractivity contribution in [1.82, 2.24) is 15.5 Å². The summed E-state index contributed by atoms with van der Waals surface area (Å²) in [4.78, 5) is 51.1. The van der Waals surface area contributed by atoms with E-state index in [1.165, 1.54) is 24.1 Å². The van der Waals surface area contributed by atoms with Crippen LogP contribution in [0.1, 0.15) is 32.0 Å². The highest BCUT2D eigenvalue weighted by atomic mass is 16.5. The molecule has 10 nitrogen and oxygen atoms in total. The highest BCUT2D eigenvalue weighted by Crippen LogP contribution is 2.35. The molecule has 32 heavy (non-hydrogen) atoms. The van der Waals surface area contributed by atoms with Crippen molar-refractivity contribution < 1.29 is 28.3 Å². The molecule has 2 aliphatic rings. The second-order valence-corrected chi connectivity index (χ2v) is 7.73. The van der Waals surface area contributed by atoms with Crippen molar-refractivity contribution in [2.45, 2.75) is 12.1 Å². The molecular formula is C22H18N4O6. The molecule has 5 rings (SSSR count). The molecule has 3 heterocycles. The number of rotatable bonds is 5. The highest BCUT2D eigenvalue weighted by Gasteiger charge is 2.53. The molecule has 3 aromatic rings. The normalized spacial score (nSPS) is 19.8. The lowest BCUT2D eigenvalue weighted by atomic mass is 9.95. The van der Waals surface area contributed by atoms with Gasteiger partial charge < -0.3 is 25.1 Å². The van der Waals surface area contributed by atoms with Gasteiger partial charge in [0, 0.05) is 23.1 Å². The number of ether oxygens (including phenoxy) is 1. The predicted molar refractivity (Wildman–Crippen MR) is 111 cm³/mol. The third-order valence-corrected chi connectivity index (χ3v) is 5.79. The van der Waals surface area contributed by atoms with Crippen molar-refractivity contribution in [2.75, 3.05) is 13.7 Å². The van der Waals surface area contributed by atoms with E-state index in [2.05, 4.69) is 10.6 Å². The van der Waals surface area contributed by atoms with Crippen LogP contribution in [0.15, 0.2) is 46.9 Å². The van der Waals surface area contributed by atoms with Crippen LogP contribution >= 0.6 is 0 Å². The predicted octanol–water partition coefficient (Wildman–Crippen LogP) is 1.23. The summed E-state index contributed by atoms with van der Waals surface area (Å²) in [7, 11) is 1.51. The molecule has 0 bridgehead atoms. The van der Waals surface area contributed by atoms with Gasteiger partial charge in [0.1, 0.15) is 17.1 Å². The molecule has 1 aromatic heterocycles. The zero-order chi connectivity index (χ0) is 22.6. The fourth-order valence-corrected chi connectivity index (χ4v) is 4.14. The van der Waals surface area contributed by atoms with Gasteiger partial charge >= 0.3 is 6.03 Å².